The Kier molecular flexibility index (Phi) is 7.93. The normalized spacial score (nSPS) is 12.2. The molecule has 2 nitrogen and oxygen atoms in total. The van der Waals surface area contributed by atoms with Crippen LogP contribution in [0.4, 0.5) is 0 Å². The Hall–Kier alpha value is -7.16. The van der Waals surface area contributed by atoms with E-state index in [4.69, 9.17) is 0 Å². The summed E-state index contributed by atoms with van der Waals surface area (Å²) >= 11 is 0. The molecule has 1 aliphatic carbocycles. The van der Waals surface area contributed by atoms with Crippen molar-refractivity contribution in [1.29, 1.82) is 0 Å². The minimum Gasteiger partial charge on any atom is -0.309 e. The first-order valence-electron chi connectivity index (χ1n) is 19.2. The molecule has 2 heteroatoms. The Morgan fingerprint density at radius 1 is 0.429 bits per heavy atom. The molecule has 0 atom stereocenters. The molecule has 0 unspecified atom stereocenters. The third kappa shape index (κ3) is 5.18. The minimum atomic E-state index is 1.07. The Balaban J connectivity index is 0.000000379. The van der Waals surface area contributed by atoms with E-state index in [-0.39, 0.29) is 0 Å². The molecule has 11 rings (SSSR count). The van der Waals surface area contributed by atoms with Gasteiger partial charge in [-0.15, -0.1) is 0 Å². The van der Waals surface area contributed by atoms with Crippen LogP contribution in [0, 0.1) is 0 Å². The quantitative estimate of drug-likeness (QED) is 0.168. The van der Waals surface area contributed by atoms with Crippen molar-refractivity contribution < 1.29 is 0 Å². The molecule has 0 radical (unpaired) electrons. The van der Waals surface area contributed by atoms with E-state index in [1.165, 1.54) is 87.9 Å². The summed E-state index contributed by atoms with van der Waals surface area (Å²) < 4.78 is 4.89. The fourth-order valence-corrected chi connectivity index (χ4v) is 8.90. The largest absolute Gasteiger partial charge is 0.309 e. The molecule has 0 saturated heterocycles. The summed E-state index contributed by atoms with van der Waals surface area (Å²) in [4.78, 5) is 0. The molecule has 56 heavy (non-hydrogen) atoms. The van der Waals surface area contributed by atoms with Gasteiger partial charge in [0.1, 0.15) is 0 Å². The molecule has 1 aliphatic rings. The third-order valence-corrected chi connectivity index (χ3v) is 11.5. The highest BCUT2D eigenvalue weighted by molar-refractivity contribution is 6.26. The van der Waals surface area contributed by atoms with Gasteiger partial charge in [0, 0.05) is 32.6 Å². The van der Waals surface area contributed by atoms with Crippen molar-refractivity contribution in [1.82, 2.24) is 9.13 Å². The van der Waals surface area contributed by atoms with Gasteiger partial charge in [0.2, 0.25) is 0 Å². The van der Waals surface area contributed by atoms with E-state index in [2.05, 4.69) is 193 Å². The number of aromatic nitrogens is 2. The number of allylic oxidation sites excluding steroid dienone is 4. The van der Waals surface area contributed by atoms with Gasteiger partial charge >= 0.3 is 0 Å². The molecular weight excluding hydrogens is 677 g/mol. The Labute approximate surface area is 327 Å². The number of rotatable bonds is 5. The maximum Gasteiger partial charge on any atom is 0.0562 e. The molecule has 0 bridgehead atoms. The average molecular weight is 717 g/mol. The topological polar surface area (TPSA) is 9.86 Å². The fourth-order valence-electron chi connectivity index (χ4n) is 8.90. The van der Waals surface area contributed by atoms with E-state index < -0.39 is 0 Å². The third-order valence-electron chi connectivity index (χ3n) is 11.5. The van der Waals surface area contributed by atoms with E-state index >= 15 is 0 Å². The standard InChI is InChI=1S/C45H30N2.C9H10/c1-28(30-13-4-3-5-14-30)44-29(2)32-18-12-19-37-42(26-25-38(44)45(32)37)47-41-22-11-8-17-35(41)36-24-23-31(27-43(36)47)46-39-20-9-6-15-33(39)34-16-7-10-21-40(34)46;1-8(2)9-6-4-3-5-7-9/h3-27H,1H2,2H3;3-7H,1H2,2H3. The lowest BCUT2D eigenvalue weighted by atomic mass is 9.92. The van der Waals surface area contributed by atoms with Crippen LogP contribution in [0.15, 0.2) is 195 Å². The van der Waals surface area contributed by atoms with Crippen molar-refractivity contribution >= 4 is 76.7 Å². The fraction of sp³-hybridized carbons (Fsp3) is 0.0370. The first-order chi connectivity index (χ1) is 27.5. The number of hydrogen-bond acceptors (Lipinski definition) is 0. The monoisotopic (exact) mass is 716 g/mol. The second-order valence-corrected chi connectivity index (χ2v) is 14.8. The van der Waals surface area contributed by atoms with Crippen LogP contribution >= 0.6 is 0 Å². The first kappa shape index (κ1) is 33.4. The van der Waals surface area contributed by atoms with E-state index in [0.717, 1.165) is 22.4 Å². The van der Waals surface area contributed by atoms with Crippen molar-refractivity contribution in [3.05, 3.63) is 217 Å². The van der Waals surface area contributed by atoms with Gasteiger partial charge < -0.3 is 9.13 Å². The van der Waals surface area contributed by atoms with Gasteiger partial charge in [0.25, 0.3) is 0 Å². The minimum absolute atomic E-state index is 1.07. The second kappa shape index (κ2) is 13.3. The van der Waals surface area contributed by atoms with Crippen LogP contribution in [0.1, 0.15) is 36.1 Å². The molecule has 0 saturated carbocycles. The summed E-state index contributed by atoms with van der Waals surface area (Å²) in [7, 11) is 0. The molecule has 2 aromatic heterocycles. The average Bonchev–Trinajstić information content (AvgIpc) is 3.87. The Bertz CT molecular complexity index is 3170. The molecule has 0 N–H and O–H groups in total. The maximum atomic E-state index is 4.59. The summed E-state index contributed by atoms with van der Waals surface area (Å²) in [5.41, 5.74) is 16.8. The molecule has 0 fully saturated rings. The maximum absolute atomic E-state index is 4.59. The molecule has 0 aliphatic heterocycles. The van der Waals surface area contributed by atoms with Crippen molar-refractivity contribution in [3.8, 4) is 11.4 Å². The van der Waals surface area contributed by atoms with Gasteiger partial charge in [-0.05, 0) is 94.6 Å². The van der Waals surface area contributed by atoms with Crippen molar-refractivity contribution in [3.63, 3.8) is 0 Å². The van der Waals surface area contributed by atoms with Crippen LogP contribution in [-0.4, -0.2) is 9.13 Å². The number of benzene rings is 8. The lowest BCUT2D eigenvalue weighted by molar-refractivity contribution is 1.16. The number of fused-ring (bicyclic) bond motifs is 6. The first-order valence-corrected chi connectivity index (χ1v) is 19.2. The molecule has 8 aromatic carbocycles. The summed E-state index contributed by atoms with van der Waals surface area (Å²) in [6.07, 6.45) is 0. The summed E-state index contributed by atoms with van der Waals surface area (Å²) in [6, 6.07) is 65.3. The summed E-state index contributed by atoms with van der Waals surface area (Å²) in [6.45, 7) is 12.7. The zero-order valence-electron chi connectivity index (χ0n) is 31.6. The molecule has 2 heterocycles. The Morgan fingerprint density at radius 3 is 1.54 bits per heavy atom. The predicted octanol–water partition coefficient (Wildman–Crippen LogP) is 14.7. The van der Waals surface area contributed by atoms with Gasteiger partial charge in [0.15, 0.2) is 0 Å². The number of para-hydroxylation sites is 3. The highest BCUT2D eigenvalue weighted by Crippen LogP contribution is 2.49. The van der Waals surface area contributed by atoms with Crippen LogP contribution in [0.3, 0.4) is 0 Å². The number of hydrogen-bond donors (Lipinski definition) is 0. The van der Waals surface area contributed by atoms with Gasteiger partial charge in [0.05, 0.1) is 27.8 Å². The van der Waals surface area contributed by atoms with Gasteiger partial charge in [-0.3, -0.25) is 0 Å². The van der Waals surface area contributed by atoms with Gasteiger partial charge in [-0.1, -0.05) is 164 Å². The molecular formula is C54H40N2. The van der Waals surface area contributed by atoms with E-state index in [0.29, 0.717) is 0 Å². The van der Waals surface area contributed by atoms with Crippen LogP contribution in [-0.2, 0) is 0 Å². The highest BCUT2D eigenvalue weighted by atomic mass is 15.0. The predicted molar refractivity (Wildman–Crippen MR) is 242 cm³/mol. The van der Waals surface area contributed by atoms with E-state index in [9.17, 15) is 0 Å². The summed E-state index contributed by atoms with van der Waals surface area (Å²) in [5, 5.41) is 7.60. The Morgan fingerprint density at radius 2 is 0.946 bits per heavy atom. The molecule has 0 spiro atoms. The van der Waals surface area contributed by atoms with Crippen molar-refractivity contribution in [2.24, 2.45) is 0 Å². The molecule has 0 amide bonds. The lowest BCUT2D eigenvalue weighted by Gasteiger charge is -2.16. The van der Waals surface area contributed by atoms with Gasteiger partial charge in [-0.2, -0.15) is 0 Å². The van der Waals surface area contributed by atoms with Crippen LogP contribution in [0.2, 0.25) is 0 Å². The number of nitrogens with zero attached hydrogens (tertiary/aromatic N) is 2. The zero-order valence-corrected chi connectivity index (χ0v) is 31.6. The zero-order chi connectivity index (χ0) is 37.9. The van der Waals surface area contributed by atoms with Crippen LogP contribution in [0.25, 0.3) is 88.1 Å². The SMILES string of the molecule is C=C(C)c1ccccc1.C=C(C1=C(C)c2cccc3c(-n4c5ccccc5c5ccc(-n6c7ccccc7c7ccccc76)cc54)ccc1c23)c1ccccc1. The highest BCUT2D eigenvalue weighted by Gasteiger charge is 2.26. The van der Waals surface area contributed by atoms with Crippen molar-refractivity contribution in [2.45, 2.75) is 13.8 Å². The van der Waals surface area contributed by atoms with Crippen LogP contribution in [0.5, 0.6) is 0 Å². The van der Waals surface area contributed by atoms with E-state index in [1.807, 2.05) is 25.1 Å². The molecule has 10 aromatic rings. The van der Waals surface area contributed by atoms with Crippen LogP contribution < -0.4 is 0 Å². The van der Waals surface area contributed by atoms with E-state index in [1.54, 1.807) is 0 Å². The smallest absolute Gasteiger partial charge is 0.0562 e. The van der Waals surface area contributed by atoms with Crippen molar-refractivity contribution in [2.75, 3.05) is 0 Å². The summed E-state index contributed by atoms with van der Waals surface area (Å²) in [5.74, 6) is 0. The molecule has 266 valence electrons. The second-order valence-electron chi connectivity index (χ2n) is 14.8. The lowest BCUT2D eigenvalue weighted by Crippen LogP contribution is -1.98. The van der Waals surface area contributed by atoms with Gasteiger partial charge in [-0.25, -0.2) is 0 Å².